The molecule has 19 heteroatoms. The van der Waals surface area contributed by atoms with E-state index in [2.05, 4.69) is 0 Å². The maximum Gasteiger partial charge on any atom is 0.402 e. The number of esters is 1. The normalized spacial score (nSPS) is 27.6. The fraction of sp³-hybridized carbons (Fsp3) is 0.368. The molecule has 1 aromatic heterocycles. The fourth-order valence-corrected chi connectivity index (χ4v) is 6.11. The number of carbonyl (C=O) groups excluding carboxylic acids is 1. The van der Waals surface area contributed by atoms with Crippen molar-refractivity contribution in [3.8, 4) is 51.6 Å². The average Bonchev–Trinajstić information content (AvgIpc) is 3.20. The third kappa shape index (κ3) is 8.76. The van der Waals surface area contributed by atoms with Gasteiger partial charge in [0.25, 0.3) is 0 Å². The topological polar surface area (TPSA) is 295 Å². The van der Waals surface area contributed by atoms with Crippen LogP contribution in [-0.2, 0) is 19.0 Å². The van der Waals surface area contributed by atoms with Crippen molar-refractivity contribution in [1.29, 1.82) is 0 Å². The molecule has 0 radical (unpaired) electrons. The molecule has 3 heterocycles. The number of carbonyl (C=O) groups is 1. The maximum atomic E-state index is 12.5. The number of hydrogen-bond acceptors (Lipinski definition) is 18. The summed E-state index contributed by atoms with van der Waals surface area (Å²) >= 11 is 0. The number of ether oxygens (including phenoxy) is 7. The minimum atomic E-state index is -1.92. The molecule has 306 valence electrons. The SMILES string of the molecule is COc1cc(-c2[o+]c3cc(O)cc(OC4OC(CO)C(O)C(O)C4O)c3cc2OC2OC(COC(=O)/C=C/c3ccc(O)cc3)C(O)C(O)C2O)cc(OC)c1O. The number of aromatic hydroxyl groups is 3. The van der Waals surface area contributed by atoms with Crippen molar-refractivity contribution in [3.05, 3.63) is 66.2 Å². The van der Waals surface area contributed by atoms with E-state index in [1.165, 1.54) is 56.7 Å². The summed E-state index contributed by atoms with van der Waals surface area (Å²) in [4.78, 5) is 12.5. The van der Waals surface area contributed by atoms with E-state index in [1.54, 1.807) is 12.1 Å². The fourth-order valence-electron chi connectivity index (χ4n) is 6.11. The highest BCUT2D eigenvalue weighted by Crippen LogP contribution is 2.46. The molecule has 3 aromatic carbocycles. The van der Waals surface area contributed by atoms with Gasteiger partial charge in [0.2, 0.25) is 24.1 Å². The predicted molar refractivity (Wildman–Crippen MR) is 192 cm³/mol. The minimum absolute atomic E-state index is 0.0120. The van der Waals surface area contributed by atoms with Gasteiger partial charge in [-0.25, -0.2) is 9.21 Å². The van der Waals surface area contributed by atoms with Crippen LogP contribution in [-0.4, -0.2) is 146 Å². The predicted octanol–water partition coefficient (Wildman–Crippen LogP) is 0.137. The third-order valence-corrected chi connectivity index (χ3v) is 9.24. The molecule has 6 rings (SSSR count). The van der Waals surface area contributed by atoms with Crippen LogP contribution < -0.4 is 18.9 Å². The number of aliphatic hydroxyl groups excluding tert-OH is 7. The molecule has 4 aromatic rings. The highest BCUT2D eigenvalue weighted by molar-refractivity contribution is 5.89. The van der Waals surface area contributed by atoms with Crippen molar-refractivity contribution in [2.45, 2.75) is 61.4 Å². The van der Waals surface area contributed by atoms with Gasteiger partial charge < -0.3 is 84.2 Å². The summed E-state index contributed by atoms with van der Waals surface area (Å²) in [6, 6.07) is 12.2. The Morgan fingerprint density at radius 2 is 1.28 bits per heavy atom. The smallest absolute Gasteiger partial charge is 0.402 e. The minimum Gasteiger partial charge on any atom is -0.508 e. The number of phenols is 3. The van der Waals surface area contributed by atoms with Crippen LogP contribution in [0.25, 0.3) is 28.4 Å². The first-order valence-electron chi connectivity index (χ1n) is 17.3. The number of methoxy groups -OCH3 is 2. The van der Waals surface area contributed by atoms with Crippen LogP contribution in [0, 0.1) is 0 Å². The Balaban J connectivity index is 1.36. The number of hydrogen-bond donors (Lipinski definition) is 10. The van der Waals surface area contributed by atoms with Crippen molar-refractivity contribution in [1.82, 2.24) is 0 Å². The molecule has 0 saturated carbocycles. The molecular formula is C38H41O19+. The lowest BCUT2D eigenvalue weighted by atomic mass is 9.99. The Bertz CT molecular complexity index is 2040. The van der Waals surface area contributed by atoms with E-state index in [4.69, 9.17) is 37.6 Å². The summed E-state index contributed by atoms with van der Waals surface area (Å²) in [5.74, 6) is -2.39. The largest absolute Gasteiger partial charge is 0.508 e. The summed E-state index contributed by atoms with van der Waals surface area (Å²) in [5, 5.41) is 104. The maximum absolute atomic E-state index is 12.5. The second-order valence-corrected chi connectivity index (χ2v) is 13.0. The molecule has 2 fully saturated rings. The van der Waals surface area contributed by atoms with E-state index in [9.17, 15) is 55.9 Å². The van der Waals surface area contributed by atoms with Crippen molar-refractivity contribution < 1.29 is 93.4 Å². The molecule has 2 aliphatic rings. The van der Waals surface area contributed by atoms with Crippen LogP contribution in [0.15, 0.2) is 65.1 Å². The van der Waals surface area contributed by atoms with Gasteiger partial charge in [0, 0.05) is 30.3 Å². The first-order valence-corrected chi connectivity index (χ1v) is 17.3. The van der Waals surface area contributed by atoms with Crippen LogP contribution in [0.4, 0.5) is 0 Å². The molecule has 0 bridgehead atoms. The van der Waals surface area contributed by atoms with Crippen molar-refractivity contribution in [2.75, 3.05) is 27.4 Å². The zero-order valence-corrected chi connectivity index (χ0v) is 30.2. The summed E-state index contributed by atoms with van der Waals surface area (Å²) < 4.78 is 45.3. The second kappa shape index (κ2) is 17.3. The molecular weight excluding hydrogens is 760 g/mol. The summed E-state index contributed by atoms with van der Waals surface area (Å²) in [5.41, 5.74) is 0.617. The molecule has 57 heavy (non-hydrogen) atoms. The van der Waals surface area contributed by atoms with E-state index in [0.29, 0.717) is 5.56 Å². The van der Waals surface area contributed by atoms with Gasteiger partial charge in [-0.2, -0.15) is 0 Å². The third-order valence-electron chi connectivity index (χ3n) is 9.24. The van der Waals surface area contributed by atoms with Gasteiger partial charge in [-0.15, -0.1) is 0 Å². The number of benzene rings is 3. The number of aliphatic hydroxyl groups is 7. The molecule has 10 unspecified atom stereocenters. The van der Waals surface area contributed by atoms with E-state index < -0.39 is 86.3 Å². The van der Waals surface area contributed by atoms with Gasteiger partial charge in [0.15, 0.2) is 11.5 Å². The molecule has 0 spiro atoms. The summed E-state index contributed by atoms with van der Waals surface area (Å²) in [6.07, 6.45) is -14.7. The van der Waals surface area contributed by atoms with Gasteiger partial charge in [0.1, 0.15) is 78.1 Å². The van der Waals surface area contributed by atoms with Crippen molar-refractivity contribution >= 4 is 23.0 Å². The van der Waals surface area contributed by atoms with Crippen LogP contribution in [0.2, 0.25) is 0 Å². The van der Waals surface area contributed by atoms with Gasteiger partial charge in [-0.3, -0.25) is 0 Å². The number of phenolic OH excluding ortho intramolecular Hbond substituents is 3. The summed E-state index contributed by atoms with van der Waals surface area (Å²) in [6.45, 7) is -1.36. The molecule has 10 N–H and O–H groups in total. The standard InChI is InChI=1S/C38H40O19/c1-50-23-9-17(10-24(51-2)29(23)43)36-25(13-20-21(53-36)11-19(41)12-22(20)54-37-34(48)32(46)30(44)26(14-39)56-37)55-38-35(49)33(47)31(45)27(57-38)15-52-28(42)8-5-16-3-6-18(40)7-4-16/h3-13,26-27,30-35,37-39,44-49H,14-15H2,1-2H3,(H2-,40,41,42,43)/p+1. The molecule has 0 aliphatic carbocycles. The Morgan fingerprint density at radius 3 is 1.88 bits per heavy atom. The van der Waals surface area contributed by atoms with Gasteiger partial charge >= 0.3 is 17.3 Å². The molecule has 2 aliphatic heterocycles. The Labute approximate surface area is 322 Å². The molecule has 2 saturated heterocycles. The molecule has 10 atom stereocenters. The lowest BCUT2D eigenvalue weighted by molar-refractivity contribution is -0.278. The van der Waals surface area contributed by atoms with Gasteiger partial charge in [0.05, 0.1) is 32.5 Å². The van der Waals surface area contributed by atoms with E-state index >= 15 is 0 Å². The van der Waals surface area contributed by atoms with E-state index in [-0.39, 0.29) is 56.8 Å². The average molecular weight is 802 g/mol. The number of fused-ring (bicyclic) bond motifs is 1. The highest BCUT2D eigenvalue weighted by atomic mass is 16.7. The van der Waals surface area contributed by atoms with Crippen molar-refractivity contribution in [2.24, 2.45) is 0 Å². The zero-order valence-electron chi connectivity index (χ0n) is 30.2. The lowest BCUT2D eigenvalue weighted by Gasteiger charge is -2.39. The Kier molecular flexibility index (Phi) is 12.5. The quantitative estimate of drug-likeness (QED) is 0.0518. The van der Waals surface area contributed by atoms with Gasteiger partial charge in [-0.1, -0.05) is 12.1 Å². The highest BCUT2D eigenvalue weighted by Gasteiger charge is 2.47. The second-order valence-electron chi connectivity index (χ2n) is 13.0. The van der Waals surface area contributed by atoms with Crippen molar-refractivity contribution in [3.63, 3.8) is 0 Å². The lowest BCUT2D eigenvalue weighted by Crippen LogP contribution is -2.60. The van der Waals surface area contributed by atoms with Gasteiger partial charge in [-0.05, 0) is 23.8 Å². The van der Waals surface area contributed by atoms with Crippen LogP contribution >= 0.6 is 0 Å². The first kappa shape index (κ1) is 41.2. The molecule has 19 nitrogen and oxygen atoms in total. The first-order chi connectivity index (χ1) is 27.2. The zero-order chi connectivity index (χ0) is 41.1. The van der Waals surface area contributed by atoms with Crippen LogP contribution in [0.1, 0.15) is 5.56 Å². The Hall–Kier alpha value is -5.48. The van der Waals surface area contributed by atoms with E-state index in [0.717, 1.165) is 12.1 Å². The van der Waals surface area contributed by atoms with Crippen LogP contribution in [0.5, 0.6) is 40.2 Å². The van der Waals surface area contributed by atoms with E-state index in [1.807, 2.05) is 0 Å². The summed E-state index contributed by atoms with van der Waals surface area (Å²) in [7, 11) is 2.56. The van der Waals surface area contributed by atoms with Crippen LogP contribution in [0.3, 0.4) is 0 Å². The molecule has 0 amide bonds. The number of rotatable bonds is 12. The Morgan fingerprint density at radius 1 is 0.702 bits per heavy atom. The monoisotopic (exact) mass is 801 g/mol.